The third-order valence-electron chi connectivity index (χ3n) is 2.20. The van der Waals surface area contributed by atoms with Crippen LogP contribution in [0, 0.1) is 6.92 Å². The summed E-state index contributed by atoms with van der Waals surface area (Å²) in [6, 6.07) is 5.74. The fourth-order valence-corrected chi connectivity index (χ4v) is 1.70. The van der Waals surface area contributed by atoms with E-state index in [4.69, 9.17) is 0 Å². The summed E-state index contributed by atoms with van der Waals surface area (Å²) in [4.78, 5) is 11.0. The Balaban J connectivity index is 2.80. The summed E-state index contributed by atoms with van der Waals surface area (Å²) in [5.41, 5.74) is 1.98. The quantitative estimate of drug-likeness (QED) is 0.855. The highest BCUT2D eigenvalue weighted by Gasteiger charge is 2.16. The van der Waals surface area contributed by atoms with Crippen LogP contribution in [0.4, 0.5) is 0 Å². The van der Waals surface area contributed by atoms with Crippen molar-refractivity contribution in [1.82, 2.24) is 0 Å². The van der Waals surface area contributed by atoms with Gasteiger partial charge in [0, 0.05) is 10.9 Å². The predicted octanol–water partition coefficient (Wildman–Crippen LogP) is 1.83. The van der Waals surface area contributed by atoms with Crippen molar-refractivity contribution in [3.63, 3.8) is 0 Å². The zero-order valence-electron chi connectivity index (χ0n) is 8.66. The van der Waals surface area contributed by atoms with Gasteiger partial charge in [0.25, 0.3) is 0 Å². The monoisotopic (exact) mass is 272 g/mol. The van der Waals surface area contributed by atoms with E-state index < -0.39 is 12.1 Å². The second-order valence-electron chi connectivity index (χ2n) is 3.31. The van der Waals surface area contributed by atoms with E-state index in [2.05, 4.69) is 20.7 Å². The van der Waals surface area contributed by atoms with Gasteiger partial charge >= 0.3 is 5.97 Å². The van der Waals surface area contributed by atoms with E-state index >= 15 is 0 Å². The zero-order valence-corrected chi connectivity index (χ0v) is 10.2. The molecule has 4 heteroatoms. The van der Waals surface area contributed by atoms with Crippen LogP contribution in [-0.2, 0) is 16.0 Å². The van der Waals surface area contributed by atoms with Crippen LogP contribution in [0.25, 0.3) is 0 Å². The molecule has 1 unspecified atom stereocenters. The molecule has 3 nitrogen and oxygen atoms in total. The van der Waals surface area contributed by atoms with Gasteiger partial charge in [0.2, 0.25) is 0 Å². The fourth-order valence-electron chi connectivity index (χ4n) is 1.29. The molecule has 0 aliphatic carbocycles. The lowest BCUT2D eigenvalue weighted by molar-refractivity contribution is -0.150. The molecule has 0 aromatic heterocycles. The molecule has 0 saturated carbocycles. The minimum absolute atomic E-state index is 0.276. The predicted molar refractivity (Wildman–Crippen MR) is 60.6 cm³/mol. The highest BCUT2D eigenvalue weighted by molar-refractivity contribution is 9.10. The number of esters is 1. The second-order valence-corrected chi connectivity index (χ2v) is 4.23. The van der Waals surface area contributed by atoms with Crippen LogP contribution in [-0.4, -0.2) is 24.3 Å². The first-order valence-corrected chi connectivity index (χ1v) is 5.35. The van der Waals surface area contributed by atoms with E-state index in [-0.39, 0.29) is 6.42 Å². The third kappa shape index (κ3) is 3.32. The van der Waals surface area contributed by atoms with Crippen LogP contribution in [0.1, 0.15) is 11.1 Å². The Kier molecular flexibility index (Phi) is 4.29. The van der Waals surface area contributed by atoms with Crippen LogP contribution >= 0.6 is 15.9 Å². The summed E-state index contributed by atoms with van der Waals surface area (Å²) in [7, 11) is 1.26. The van der Waals surface area contributed by atoms with Crippen LogP contribution < -0.4 is 0 Å². The average molecular weight is 273 g/mol. The number of hydrogen-bond acceptors (Lipinski definition) is 3. The summed E-state index contributed by atoms with van der Waals surface area (Å²) in [5, 5.41) is 9.50. The molecule has 15 heavy (non-hydrogen) atoms. The summed E-state index contributed by atoms with van der Waals surface area (Å²) in [6.07, 6.45) is -0.819. The Morgan fingerprint density at radius 3 is 2.87 bits per heavy atom. The second kappa shape index (κ2) is 5.28. The first-order valence-electron chi connectivity index (χ1n) is 4.55. The molecule has 0 amide bonds. The van der Waals surface area contributed by atoms with Gasteiger partial charge in [0.05, 0.1) is 7.11 Å². The van der Waals surface area contributed by atoms with E-state index in [1.54, 1.807) is 0 Å². The van der Waals surface area contributed by atoms with Crippen molar-refractivity contribution < 1.29 is 14.6 Å². The number of carbonyl (C=O) groups excluding carboxylic acids is 1. The number of aliphatic hydroxyl groups is 1. The Labute approximate surface area is 97.2 Å². The van der Waals surface area contributed by atoms with Crippen molar-refractivity contribution >= 4 is 21.9 Å². The molecule has 0 radical (unpaired) electrons. The zero-order chi connectivity index (χ0) is 11.4. The van der Waals surface area contributed by atoms with Gasteiger partial charge in [-0.15, -0.1) is 0 Å². The molecule has 1 aromatic carbocycles. The maximum Gasteiger partial charge on any atom is 0.335 e. The number of aryl methyl sites for hydroxylation is 1. The number of rotatable bonds is 3. The topological polar surface area (TPSA) is 46.5 Å². The maximum atomic E-state index is 11.0. The van der Waals surface area contributed by atoms with Crippen molar-refractivity contribution in [3.05, 3.63) is 33.8 Å². The highest BCUT2D eigenvalue weighted by atomic mass is 79.9. The van der Waals surface area contributed by atoms with Gasteiger partial charge in [0.15, 0.2) is 6.10 Å². The van der Waals surface area contributed by atoms with Crippen molar-refractivity contribution in [1.29, 1.82) is 0 Å². The van der Waals surface area contributed by atoms with Gasteiger partial charge in [-0.3, -0.25) is 0 Å². The van der Waals surface area contributed by atoms with Crippen LogP contribution in [0.15, 0.2) is 22.7 Å². The smallest absolute Gasteiger partial charge is 0.335 e. The Morgan fingerprint density at radius 2 is 2.27 bits per heavy atom. The molecule has 1 atom stereocenters. The summed E-state index contributed by atoms with van der Waals surface area (Å²) >= 11 is 3.34. The minimum atomic E-state index is -1.09. The molecule has 1 N–H and O–H groups in total. The van der Waals surface area contributed by atoms with Crippen molar-refractivity contribution in [2.45, 2.75) is 19.4 Å². The standard InChI is InChI=1S/C11H13BrO3/c1-7-3-4-9(12)5-8(7)6-10(13)11(14)15-2/h3-5,10,13H,6H2,1-2H3. The van der Waals surface area contributed by atoms with Crippen molar-refractivity contribution in [2.24, 2.45) is 0 Å². The molecule has 0 fully saturated rings. The molecule has 0 heterocycles. The van der Waals surface area contributed by atoms with E-state index in [9.17, 15) is 9.90 Å². The lowest BCUT2D eigenvalue weighted by Crippen LogP contribution is -2.24. The number of carbonyl (C=O) groups is 1. The number of benzene rings is 1. The molecule has 0 aliphatic heterocycles. The number of aliphatic hydroxyl groups excluding tert-OH is 1. The number of halogens is 1. The maximum absolute atomic E-state index is 11.0. The summed E-state index contributed by atoms with van der Waals surface area (Å²) in [6.45, 7) is 1.94. The van der Waals surface area contributed by atoms with Gasteiger partial charge in [-0.1, -0.05) is 22.0 Å². The highest BCUT2D eigenvalue weighted by Crippen LogP contribution is 2.17. The molecule has 0 aliphatic rings. The van der Waals surface area contributed by atoms with Crippen molar-refractivity contribution in [3.8, 4) is 0 Å². The van der Waals surface area contributed by atoms with Crippen LogP contribution in [0.2, 0.25) is 0 Å². The third-order valence-corrected chi connectivity index (χ3v) is 2.69. The molecular weight excluding hydrogens is 260 g/mol. The molecule has 0 saturated heterocycles. The first-order chi connectivity index (χ1) is 7.04. The molecule has 1 aromatic rings. The van der Waals surface area contributed by atoms with E-state index in [0.717, 1.165) is 15.6 Å². The molecule has 0 bridgehead atoms. The molecular formula is C11H13BrO3. The number of methoxy groups -OCH3 is 1. The Bertz CT molecular complexity index is 363. The average Bonchev–Trinajstić information content (AvgIpc) is 2.22. The molecule has 82 valence electrons. The van der Waals surface area contributed by atoms with Gasteiger partial charge in [-0.05, 0) is 30.2 Å². The van der Waals surface area contributed by atoms with Gasteiger partial charge in [-0.2, -0.15) is 0 Å². The normalized spacial score (nSPS) is 12.3. The summed E-state index contributed by atoms with van der Waals surface area (Å²) < 4.78 is 5.38. The largest absolute Gasteiger partial charge is 0.467 e. The molecule has 1 rings (SSSR count). The van der Waals surface area contributed by atoms with Gasteiger partial charge in [-0.25, -0.2) is 4.79 Å². The van der Waals surface area contributed by atoms with Gasteiger partial charge in [0.1, 0.15) is 0 Å². The first kappa shape index (κ1) is 12.2. The minimum Gasteiger partial charge on any atom is -0.467 e. The Hall–Kier alpha value is -0.870. The lowest BCUT2D eigenvalue weighted by Gasteiger charge is -2.10. The fraction of sp³-hybridized carbons (Fsp3) is 0.364. The van der Waals surface area contributed by atoms with E-state index in [0.29, 0.717) is 0 Å². The Morgan fingerprint density at radius 1 is 1.60 bits per heavy atom. The number of ether oxygens (including phenoxy) is 1. The van der Waals surface area contributed by atoms with E-state index in [1.165, 1.54) is 7.11 Å². The summed E-state index contributed by atoms with van der Waals surface area (Å²) in [5.74, 6) is -0.602. The van der Waals surface area contributed by atoms with Crippen LogP contribution in [0.3, 0.4) is 0 Å². The molecule has 0 spiro atoms. The SMILES string of the molecule is COC(=O)C(O)Cc1cc(Br)ccc1C. The number of hydrogen-bond donors (Lipinski definition) is 1. The lowest BCUT2D eigenvalue weighted by atomic mass is 10.0. The van der Waals surface area contributed by atoms with Gasteiger partial charge < -0.3 is 9.84 Å². The van der Waals surface area contributed by atoms with Crippen molar-refractivity contribution in [2.75, 3.05) is 7.11 Å². The van der Waals surface area contributed by atoms with E-state index in [1.807, 2.05) is 25.1 Å². The van der Waals surface area contributed by atoms with Crippen LogP contribution in [0.5, 0.6) is 0 Å².